The molecule has 2 N–H and O–H groups in total. The molecule has 0 saturated carbocycles. The predicted octanol–water partition coefficient (Wildman–Crippen LogP) is 2.95. The Hall–Kier alpha value is -0.730. The molecule has 2 rings (SSSR count). The Bertz CT molecular complexity index is 415. The summed E-state index contributed by atoms with van der Waals surface area (Å²) < 4.78 is 0. The van der Waals surface area contributed by atoms with Crippen molar-refractivity contribution in [1.82, 2.24) is 5.32 Å². The van der Waals surface area contributed by atoms with Gasteiger partial charge in [0.1, 0.15) is 5.75 Å². The van der Waals surface area contributed by atoms with Crippen LogP contribution in [-0.4, -0.2) is 12.2 Å². The van der Waals surface area contributed by atoms with Crippen LogP contribution in [0.2, 0.25) is 5.02 Å². The van der Waals surface area contributed by atoms with Gasteiger partial charge in [-0.05, 0) is 56.3 Å². The summed E-state index contributed by atoms with van der Waals surface area (Å²) >= 11 is 6.25. The van der Waals surface area contributed by atoms with Crippen molar-refractivity contribution in [3.8, 4) is 5.75 Å². The van der Waals surface area contributed by atoms with Gasteiger partial charge in [0, 0.05) is 12.1 Å². The molecular formula is C13H18ClNO. The Morgan fingerprint density at radius 2 is 1.88 bits per heavy atom. The zero-order valence-corrected chi connectivity index (χ0v) is 10.6. The topological polar surface area (TPSA) is 32.3 Å². The maximum absolute atomic E-state index is 10.1. The zero-order chi connectivity index (χ0) is 11.7. The second kappa shape index (κ2) is 4.64. The number of rotatable bonds is 2. The molecule has 0 bridgehead atoms. The molecule has 0 heterocycles. The fourth-order valence-electron chi connectivity index (χ4n) is 2.59. The van der Waals surface area contributed by atoms with Gasteiger partial charge in [-0.2, -0.15) is 0 Å². The van der Waals surface area contributed by atoms with E-state index in [1.807, 2.05) is 7.05 Å². The minimum atomic E-state index is 0.272. The third kappa shape index (κ3) is 1.80. The molecule has 0 spiro atoms. The van der Waals surface area contributed by atoms with E-state index in [-0.39, 0.29) is 5.75 Å². The van der Waals surface area contributed by atoms with Crippen LogP contribution >= 0.6 is 11.6 Å². The number of nitrogens with one attached hydrogen (secondary N) is 1. The molecule has 0 amide bonds. The number of phenolic OH excluding ortho intramolecular Hbond substituents is 1. The van der Waals surface area contributed by atoms with E-state index in [4.69, 9.17) is 11.6 Å². The molecule has 1 aliphatic carbocycles. The first-order chi connectivity index (χ1) is 7.66. The molecule has 0 aliphatic heterocycles. The number of fused-ring (bicyclic) bond motifs is 1. The maximum atomic E-state index is 10.1. The van der Waals surface area contributed by atoms with Crippen LogP contribution in [0, 0.1) is 6.92 Å². The van der Waals surface area contributed by atoms with E-state index in [9.17, 15) is 5.11 Å². The van der Waals surface area contributed by atoms with Gasteiger partial charge in [0.05, 0.1) is 5.02 Å². The molecule has 16 heavy (non-hydrogen) atoms. The van der Waals surface area contributed by atoms with Crippen molar-refractivity contribution in [2.45, 2.75) is 39.2 Å². The van der Waals surface area contributed by atoms with Crippen LogP contribution in [0.25, 0.3) is 0 Å². The van der Waals surface area contributed by atoms with Crippen LogP contribution in [0.5, 0.6) is 5.75 Å². The van der Waals surface area contributed by atoms with E-state index in [0.717, 1.165) is 18.4 Å². The van der Waals surface area contributed by atoms with E-state index in [1.54, 1.807) is 0 Å². The van der Waals surface area contributed by atoms with Crippen molar-refractivity contribution >= 4 is 11.6 Å². The molecule has 2 nitrogen and oxygen atoms in total. The number of phenols is 1. The molecule has 0 aromatic heterocycles. The lowest BCUT2D eigenvalue weighted by Gasteiger charge is -2.23. The summed E-state index contributed by atoms with van der Waals surface area (Å²) in [6, 6.07) is 0. The lowest BCUT2D eigenvalue weighted by molar-refractivity contribution is 0.463. The fourth-order valence-corrected chi connectivity index (χ4v) is 2.91. The van der Waals surface area contributed by atoms with Crippen molar-refractivity contribution in [3.63, 3.8) is 0 Å². The Labute approximate surface area is 102 Å². The lowest BCUT2D eigenvalue weighted by atomic mass is 9.86. The molecule has 1 aromatic carbocycles. The Morgan fingerprint density at radius 1 is 1.25 bits per heavy atom. The fraction of sp³-hybridized carbons (Fsp3) is 0.538. The number of hydrogen-bond acceptors (Lipinski definition) is 2. The summed E-state index contributed by atoms with van der Waals surface area (Å²) in [4.78, 5) is 0. The minimum Gasteiger partial charge on any atom is -0.506 e. The summed E-state index contributed by atoms with van der Waals surface area (Å²) in [5.41, 5.74) is 4.70. The molecule has 0 saturated heterocycles. The van der Waals surface area contributed by atoms with Crippen molar-refractivity contribution in [1.29, 1.82) is 0 Å². The van der Waals surface area contributed by atoms with Gasteiger partial charge in [-0.3, -0.25) is 0 Å². The third-order valence-electron chi connectivity index (χ3n) is 3.49. The molecule has 3 heteroatoms. The van der Waals surface area contributed by atoms with Gasteiger partial charge in [-0.15, -0.1) is 0 Å². The molecule has 0 unspecified atom stereocenters. The Balaban J connectivity index is 2.60. The van der Waals surface area contributed by atoms with Gasteiger partial charge < -0.3 is 10.4 Å². The molecule has 88 valence electrons. The molecule has 0 atom stereocenters. The van der Waals surface area contributed by atoms with Gasteiger partial charge in [0.25, 0.3) is 0 Å². The highest BCUT2D eigenvalue weighted by atomic mass is 35.5. The summed E-state index contributed by atoms with van der Waals surface area (Å²) in [6.07, 6.45) is 4.51. The van der Waals surface area contributed by atoms with E-state index in [0.29, 0.717) is 11.6 Å². The zero-order valence-electron chi connectivity index (χ0n) is 9.86. The standard InChI is InChI=1S/C13H18ClNO/c1-8-9-5-3-4-6-10(9)12(14)13(16)11(8)7-15-2/h15-16H,3-7H2,1-2H3. The average Bonchev–Trinajstić information content (AvgIpc) is 2.32. The van der Waals surface area contributed by atoms with Crippen molar-refractivity contribution < 1.29 is 5.11 Å². The van der Waals surface area contributed by atoms with Crippen molar-refractivity contribution in [3.05, 3.63) is 27.3 Å². The highest BCUT2D eigenvalue weighted by molar-refractivity contribution is 6.33. The lowest BCUT2D eigenvalue weighted by Crippen LogP contribution is -2.12. The van der Waals surface area contributed by atoms with Crippen molar-refractivity contribution in [2.24, 2.45) is 0 Å². The van der Waals surface area contributed by atoms with E-state index >= 15 is 0 Å². The minimum absolute atomic E-state index is 0.272. The second-order valence-electron chi connectivity index (χ2n) is 4.46. The van der Waals surface area contributed by atoms with Crippen LogP contribution in [0.4, 0.5) is 0 Å². The molecular weight excluding hydrogens is 222 g/mol. The smallest absolute Gasteiger partial charge is 0.139 e. The van der Waals surface area contributed by atoms with Gasteiger partial charge in [0.2, 0.25) is 0 Å². The van der Waals surface area contributed by atoms with E-state index in [2.05, 4.69) is 12.2 Å². The van der Waals surface area contributed by atoms with Crippen LogP contribution in [0.1, 0.15) is 35.1 Å². The summed E-state index contributed by atoms with van der Waals surface area (Å²) in [6.45, 7) is 2.76. The largest absolute Gasteiger partial charge is 0.506 e. The van der Waals surface area contributed by atoms with Gasteiger partial charge in [0.15, 0.2) is 0 Å². The summed E-state index contributed by atoms with van der Waals surface area (Å²) in [5.74, 6) is 0.272. The SMILES string of the molecule is CNCc1c(C)c2c(c(Cl)c1O)CCCC2. The average molecular weight is 240 g/mol. The molecule has 1 aliphatic rings. The van der Waals surface area contributed by atoms with Gasteiger partial charge in [-0.25, -0.2) is 0 Å². The monoisotopic (exact) mass is 239 g/mol. The van der Waals surface area contributed by atoms with Crippen LogP contribution in [-0.2, 0) is 19.4 Å². The van der Waals surface area contributed by atoms with Crippen LogP contribution in [0.15, 0.2) is 0 Å². The van der Waals surface area contributed by atoms with E-state index in [1.165, 1.54) is 29.5 Å². The van der Waals surface area contributed by atoms with Gasteiger partial charge in [-0.1, -0.05) is 11.6 Å². The Kier molecular flexibility index (Phi) is 3.41. The molecule has 1 aromatic rings. The predicted molar refractivity (Wildman–Crippen MR) is 67.3 cm³/mol. The number of hydrogen-bond donors (Lipinski definition) is 2. The normalized spacial score (nSPS) is 14.9. The quantitative estimate of drug-likeness (QED) is 0.832. The van der Waals surface area contributed by atoms with Crippen molar-refractivity contribution in [2.75, 3.05) is 7.05 Å². The number of aromatic hydroxyl groups is 1. The Morgan fingerprint density at radius 3 is 2.50 bits per heavy atom. The first kappa shape index (κ1) is 11.7. The number of benzene rings is 1. The third-order valence-corrected chi connectivity index (χ3v) is 3.89. The molecule has 0 fully saturated rings. The highest BCUT2D eigenvalue weighted by Gasteiger charge is 2.21. The summed E-state index contributed by atoms with van der Waals surface area (Å²) in [5, 5.41) is 13.7. The first-order valence-electron chi connectivity index (χ1n) is 5.83. The maximum Gasteiger partial charge on any atom is 0.139 e. The second-order valence-corrected chi connectivity index (χ2v) is 4.84. The van der Waals surface area contributed by atoms with Crippen LogP contribution < -0.4 is 5.32 Å². The highest BCUT2D eigenvalue weighted by Crippen LogP contribution is 2.40. The first-order valence-corrected chi connectivity index (χ1v) is 6.20. The van der Waals surface area contributed by atoms with Crippen LogP contribution in [0.3, 0.4) is 0 Å². The summed E-state index contributed by atoms with van der Waals surface area (Å²) in [7, 11) is 1.88. The van der Waals surface area contributed by atoms with E-state index < -0.39 is 0 Å². The molecule has 0 radical (unpaired) electrons. The number of halogens is 1. The van der Waals surface area contributed by atoms with Gasteiger partial charge >= 0.3 is 0 Å².